The third kappa shape index (κ3) is 15.3. The average Bonchev–Trinajstić information content (AvgIpc) is 3.18. The molecule has 0 spiro atoms. The SMILES string of the molecule is CO[C@@H]1C(O[C@@H]2O[C@H](C)[C@@H](O[C@H]3C[C@@](C)(O)[C@@H](OC(=O)CC(C)C)[C@H](C)O3)[C@H](N(C)C)[C@H]2O)[C@@H](C/C=N/Oc2ccccc2)C[C@@H](C)[C@@H](O)/C=C/C[C@@H](C)OC(=O)C[C@H]1OC(C)=O. The summed E-state index contributed by atoms with van der Waals surface area (Å²) in [7, 11) is 4.95. The van der Waals surface area contributed by atoms with Crippen LogP contribution in [0.2, 0.25) is 0 Å². The van der Waals surface area contributed by atoms with Crippen molar-refractivity contribution in [3.05, 3.63) is 42.5 Å². The van der Waals surface area contributed by atoms with Gasteiger partial charge in [-0.1, -0.05) is 56.3 Å². The van der Waals surface area contributed by atoms with Crippen molar-refractivity contribution >= 4 is 24.1 Å². The Bertz CT molecular complexity index is 1640. The molecule has 17 heteroatoms. The van der Waals surface area contributed by atoms with E-state index in [1.165, 1.54) is 14.0 Å². The fourth-order valence-corrected chi connectivity index (χ4v) is 8.60. The van der Waals surface area contributed by atoms with Gasteiger partial charge in [-0.25, -0.2) is 0 Å². The lowest BCUT2D eigenvalue weighted by molar-refractivity contribution is -0.344. The fourth-order valence-electron chi connectivity index (χ4n) is 8.60. The van der Waals surface area contributed by atoms with Crippen LogP contribution in [0, 0.1) is 17.8 Å². The van der Waals surface area contributed by atoms with Crippen LogP contribution in [-0.2, 0) is 52.3 Å². The molecule has 0 amide bonds. The summed E-state index contributed by atoms with van der Waals surface area (Å²) >= 11 is 0. The van der Waals surface area contributed by atoms with Gasteiger partial charge in [0.2, 0.25) is 0 Å². The zero-order valence-corrected chi connectivity index (χ0v) is 38.7. The number of aliphatic hydroxyl groups excluding tert-OH is 2. The molecule has 16 atom stereocenters. The Morgan fingerprint density at radius 2 is 1.70 bits per heavy atom. The van der Waals surface area contributed by atoms with E-state index in [1.54, 1.807) is 77.2 Å². The Labute approximate surface area is 372 Å². The Balaban J connectivity index is 1.69. The lowest BCUT2D eigenvalue weighted by Crippen LogP contribution is -2.66. The average molecular weight is 893 g/mol. The van der Waals surface area contributed by atoms with Crippen LogP contribution in [0.1, 0.15) is 93.9 Å². The summed E-state index contributed by atoms with van der Waals surface area (Å²) in [6.07, 6.45) is -6.12. The topological polar surface area (TPSA) is 211 Å². The van der Waals surface area contributed by atoms with Gasteiger partial charge < -0.3 is 63.0 Å². The Hall–Kier alpha value is -3.52. The van der Waals surface area contributed by atoms with Crippen molar-refractivity contribution < 1.29 is 72.4 Å². The number of ether oxygens (including phenoxy) is 8. The highest BCUT2D eigenvalue weighted by molar-refractivity contribution is 5.72. The molecule has 3 N–H and O–H groups in total. The van der Waals surface area contributed by atoms with Crippen LogP contribution in [0.4, 0.5) is 0 Å². The monoisotopic (exact) mass is 892 g/mol. The first kappa shape index (κ1) is 52.1. The standard InChI is InChI=1S/C46H72N2O15/c1-26(2)22-36(51)60-44-30(6)57-38(25-46(44,8)54)61-41-29(5)58-45(40(53)39(41)48(9)10)62-42-32(20-21-47-63-33-17-13-12-14-18-33)23-27(3)34(50)19-15-16-28(4)56-37(52)24-35(43(42)55-11)59-31(7)49/h12-15,17-19,21,26-30,32,34-35,38-45,50,53-54H,16,20,22-25H2,1-11H3/b19-15+,47-21+/t27-,28-,29-,30+,32+,34+,35-,38+,39-,40-,41-,42?,43+,44+,45+,46-/m1/s1. The van der Waals surface area contributed by atoms with Crippen molar-refractivity contribution in [3.8, 4) is 5.75 Å². The van der Waals surface area contributed by atoms with Crippen LogP contribution in [0.15, 0.2) is 47.6 Å². The molecule has 0 aliphatic carbocycles. The lowest BCUT2D eigenvalue weighted by atomic mass is 9.82. The van der Waals surface area contributed by atoms with Crippen molar-refractivity contribution in [3.63, 3.8) is 0 Å². The summed E-state index contributed by atoms with van der Waals surface area (Å²) in [6.45, 7) is 13.7. The largest absolute Gasteiger partial charge is 0.462 e. The number of hydrogen-bond donors (Lipinski definition) is 3. The summed E-state index contributed by atoms with van der Waals surface area (Å²) in [5.41, 5.74) is -1.50. The summed E-state index contributed by atoms with van der Waals surface area (Å²) in [5.74, 6) is -2.09. The van der Waals surface area contributed by atoms with Crippen molar-refractivity contribution in [1.29, 1.82) is 0 Å². The van der Waals surface area contributed by atoms with E-state index in [2.05, 4.69) is 5.16 Å². The van der Waals surface area contributed by atoms with Gasteiger partial charge in [-0.05, 0) is 84.5 Å². The molecular weight excluding hydrogens is 821 g/mol. The lowest BCUT2D eigenvalue weighted by Gasteiger charge is -2.50. The van der Waals surface area contributed by atoms with Crippen LogP contribution < -0.4 is 4.84 Å². The fraction of sp³-hybridized carbons (Fsp3) is 0.739. The summed E-state index contributed by atoms with van der Waals surface area (Å²) in [5, 5.41) is 39.3. The van der Waals surface area contributed by atoms with Gasteiger partial charge in [-0.15, -0.1) is 0 Å². The van der Waals surface area contributed by atoms with Gasteiger partial charge in [0.15, 0.2) is 24.4 Å². The third-order valence-electron chi connectivity index (χ3n) is 11.7. The molecule has 0 bridgehead atoms. The molecule has 3 aliphatic rings. The number of aliphatic hydroxyl groups is 3. The smallest absolute Gasteiger partial charge is 0.309 e. The van der Waals surface area contributed by atoms with E-state index in [4.69, 9.17) is 42.7 Å². The second-order valence-corrected chi connectivity index (χ2v) is 18.1. The first-order chi connectivity index (χ1) is 29.7. The zero-order valence-electron chi connectivity index (χ0n) is 38.7. The molecule has 2 saturated heterocycles. The van der Waals surface area contributed by atoms with Gasteiger partial charge in [0.05, 0.1) is 36.9 Å². The number of para-hydroxylation sites is 1. The highest BCUT2D eigenvalue weighted by Crippen LogP contribution is 2.38. The van der Waals surface area contributed by atoms with Gasteiger partial charge in [0.25, 0.3) is 0 Å². The minimum atomic E-state index is -1.50. The maximum absolute atomic E-state index is 13.4. The van der Waals surface area contributed by atoms with Crippen molar-refractivity contribution in [2.24, 2.45) is 22.9 Å². The van der Waals surface area contributed by atoms with Gasteiger partial charge in [0.1, 0.15) is 36.1 Å². The van der Waals surface area contributed by atoms with Gasteiger partial charge >= 0.3 is 17.9 Å². The summed E-state index contributed by atoms with van der Waals surface area (Å²) in [4.78, 5) is 46.0. The van der Waals surface area contributed by atoms with Crippen LogP contribution in [0.5, 0.6) is 5.75 Å². The number of esters is 3. The molecule has 1 aromatic rings. The van der Waals surface area contributed by atoms with E-state index in [1.807, 2.05) is 39.0 Å². The molecular formula is C46H72N2O15. The predicted octanol–water partition coefficient (Wildman–Crippen LogP) is 4.32. The number of benzene rings is 1. The Kier molecular flexibility index (Phi) is 20.0. The molecule has 0 radical (unpaired) electrons. The molecule has 0 saturated carbocycles. The number of methoxy groups -OCH3 is 1. The van der Waals surface area contributed by atoms with E-state index in [0.29, 0.717) is 18.6 Å². The highest BCUT2D eigenvalue weighted by atomic mass is 16.7. The highest BCUT2D eigenvalue weighted by Gasteiger charge is 2.53. The quantitative estimate of drug-likeness (QED) is 0.0781. The zero-order chi connectivity index (χ0) is 46.6. The number of hydrogen-bond acceptors (Lipinski definition) is 17. The number of carbonyl (C=O) groups excluding carboxylic acids is 3. The maximum atomic E-state index is 13.4. The molecule has 2 fully saturated rings. The number of cyclic esters (lactones) is 1. The van der Waals surface area contributed by atoms with Crippen molar-refractivity contribution in [2.75, 3.05) is 21.2 Å². The van der Waals surface area contributed by atoms with Crippen LogP contribution in [0.3, 0.4) is 0 Å². The second kappa shape index (κ2) is 24.1. The molecule has 63 heavy (non-hydrogen) atoms. The number of oxime groups is 1. The van der Waals surface area contributed by atoms with Crippen molar-refractivity contribution in [1.82, 2.24) is 4.90 Å². The van der Waals surface area contributed by atoms with E-state index in [9.17, 15) is 29.7 Å². The van der Waals surface area contributed by atoms with E-state index < -0.39 is 109 Å². The third-order valence-corrected chi connectivity index (χ3v) is 11.7. The number of rotatable bonds is 14. The van der Waals surface area contributed by atoms with Crippen LogP contribution in [-0.4, -0.2) is 151 Å². The number of carbonyl (C=O) groups is 3. The molecule has 3 aliphatic heterocycles. The van der Waals surface area contributed by atoms with E-state index in [0.717, 1.165) is 0 Å². The molecule has 3 heterocycles. The maximum Gasteiger partial charge on any atom is 0.309 e. The minimum Gasteiger partial charge on any atom is -0.462 e. The van der Waals surface area contributed by atoms with E-state index in [-0.39, 0.29) is 37.5 Å². The van der Waals surface area contributed by atoms with Gasteiger partial charge in [0, 0.05) is 39.5 Å². The first-order valence-electron chi connectivity index (χ1n) is 22.1. The molecule has 4 rings (SSSR count). The number of likely N-dealkylation sites (N-methyl/N-ethyl adjacent to an activating group) is 1. The van der Waals surface area contributed by atoms with Gasteiger partial charge in [-0.2, -0.15) is 0 Å². The molecule has 1 aromatic carbocycles. The van der Waals surface area contributed by atoms with Crippen LogP contribution >= 0.6 is 0 Å². The Morgan fingerprint density at radius 3 is 2.32 bits per heavy atom. The van der Waals surface area contributed by atoms with Gasteiger partial charge in [-0.3, -0.25) is 14.4 Å². The first-order valence-corrected chi connectivity index (χ1v) is 22.1. The number of nitrogens with zero attached hydrogens (tertiary/aromatic N) is 2. The molecule has 356 valence electrons. The Morgan fingerprint density at radius 1 is 1.00 bits per heavy atom. The normalized spacial score (nSPS) is 37.8. The molecule has 17 nitrogen and oxygen atoms in total. The minimum absolute atomic E-state index is 0.0385. The summed E-state index contributed by atoms with van der Waals surface area (Å²) < 4.78 is 49.3. The predicted molar refractivity (Wildman–Crippen MR) is 230 cm³/mol. The van der Waals surface area contributed by atoms with E-state index >= 15 is 0 Å². The molecule has 1 unspecified atom stereocenters. The van der Waals surface area contributed by atoms with Crippen molar-refractivity contribution in [2.45, 2.75) is 179 Å². The summed E-state index contributed by atoms with van der Waals surface area (Å²) in [6, 6.07) is 8.23. The van der Waals surface area contributed by atoms with Crippen LogP contribution in [0.25, 0.3) is 0 Å². The molecule has 0 aromatic heterocycles. The second-order valence-electron chi connectivity index (χ2n) is 18.1.